The fourth-order valence-corrected chi connectivity index (χ4v) is 4.94. The Kier molecular flexibility index (Phi) is 5.88. The number of fused-ring (bicyclic) bond motifs is 3. The topological polar surface area (TPSA) is 68.6 Å². The lowest BCUT2D eigenvalue weighted by molar-refractivity contribution is -0.146. The lowest BCUT2D eigenvalue weighted by Crippen LogP contribution is -2.40. The third-order valence-corrected chi connectivity index (χ3v) is 6.44. The number of rotatable bonds is 7. The molecule has 1 aromatic heterocycles. The van der Waals surface area contributed by atoms with E-state index < -0.39 is 27.9 Å². The standard InChI is InChI=1S/C24H23FN2O4S/c1-17(28)31-20(16-27(32(2,29)30)19-13-11-18(25)12-14-19)15-26-23-9-5-3-7-21(23)22-8-4-6-10-24(22)26/h3-14,20H,15-16H2,1-2H3/t20-/m0/s1. The van der Waals surface area contributed by atoms with Crippen LogP contribution in [0.3, 0.4) is 0 Å². The van der Waals surface area contributed by atoms with Crippen LogP contribution in [-0.2, 0) is 26.1 Å². The van der Waals surface area contributed by atoms with Crippen LogP contribution in [0.4, 0.5) is 10.1 Å². The van der Waals surface area contributed by atoms with Gasteiger partial charge in [0, 0.05) is 28.7 Å². The van der Waals surface area contributed by atoms with Gasteiger partial charge in [0.2, 0.25) is 10.0 Å². The maximum Gasteiger partial charge on any atom is 0.303 e. The lowest BCUT2D eigenvalue weighted by Gasteiger charge is -2.28. The van der Waals surface area contributed by atoms with Crippen molar-refractivity contribution in [2.75, 3.05) is 17.1 Å². The summed E-state index contributed by atoms with van der Waals surface area (Å²) in [6, 6.07) is 21.0. The van der Waals surface area contributed by atoms with Gasteiger partial charge < -0.3 is 9.30 Å². The highest BCUT2D eigenvalue weighted by molar-refractivity contribution is 7.92. The third-order valence-electron chi connectivity index (χ3n) is 5.28. The second-order valence-electron chi connectivity index (χ2n) is 7.65. The molecule has 4 rings (SSSR count). The molecule has 0 aliphatic carbocycles. The van der Waals surface area contributed by atoms with E-state index in [1.54, 1.807) is 0 Å². The minimum Gasteiger partial charge on any atom is -0.459 e. The molecule has 3 aromatic carbocycles. The summed E-state index contributed by atoms with van der Waals surface area (Å²) in [7, 11) is -3.72. The summed E-state index contributed by atoms with van der Waals surface area (Å²) in [6.45, 7) is 1.44. The highest BCUT2D eigenvalue weighted by Gasteiger charge is 2.25. The molecule has 4 aromatic rings. The molecule has 0 radical (unpaired) electrons. The first-order chi connectivity index (χ1) is 15.2. The average Bonchev–Trinajstić information content (AvgIpc) is 3.05. The summed E-state index contributed by atoms with van der Waals surface area (Å²) in [5, 5.41) is 2.12. The van der Waals surface area contributed by atoms with Crippen molar-refractivity contribution in [2.24, 2.45) is 0 Å². The van der Waals surface area contributed by atoms with Crippen LogP contribution in [0.1, 0.15) is 6.92 Å². The number of sulfonamides is 1. The van der Waals surface area contributed by atoms with E-state index >= 15 is 0 Å². The van der Waals surface area contributed by atoms with Gasteiger partial charge in [-0.1, -0.05) is 36.4 Å². The molecule has 0 amide bonds. The van der Waals surface area contributed by atoms with Gasteiger partial charge in [0.1, 0.15) is 11.9 Å². The number of hydrogen-bond acceptors (Lipinski definition) is 4. The number of carbonyl (C=O) groups is 1. The molecular weight excluding hydrogens is 431 g/mol. The largest absolute Gasteiger partial charge is 0.459 e. The van der Waals surface area contributed by atoms with Crippen molar-refractivity contribution in [3.8, 4) is 0 Å². The van der Waals surface area contributed by atoms with Crippen molar-refractivity contribution in [3.05, 3.63) is 78.6 Å². The van der Waals surface area contributed by atoms with E-state index in [1.807, 2.05) is 53.1 Å². The summed E-state index contributed by atoms with van der Waals surface area (Å²) >= 11 is 0. The van der Waals surface area contributed by atoms with Gasteiger partial charge in [0.15, 0.2) is 0 Å². The molecule has 0 aliphatic heterocycles. The molecular formula is C24H23FN2O4S. The molecule has 0 saturated carbocycles. The molecule has 0 fully saturated rings. The van der Waals surface area contributed by atoms with Crippen molar-refractivity contribution < 1.29 is 22.3 Å². The van der Waals surface area contributed by atoms with E-state index in [1.165, 1.54) is 31.2 Å². The molecule has 8 heteroatoms. The van der Waals surface area contributed by atoms with Crippen LogP contribution in [0, 0.1) is 5.82 Å². The summed E-state index contributed by atoms with van der Waals surface area (Å²) in [6.07, 6.45) is 0.299. The smallest absolute Gasteiger partial charge is 0.303 e. The van der Waals surface area contributed by atoms with Gasteiger partial charge in [0.25, 0.3) is 0 Å². The number of halogens is 1. The molecule has 0 spiro atoms. The van der Waals surface area contributed by atoms with Gasteiger partial charge >= 0.3 is 5.97 Å². The van der Waals surface area contributed by atoms with Gasteiger partial charge in [-0.2, -0.15) is 0 Å². The number of anilines is 1. The number of para-hydroxylation sites is 2. The van der Waals surface area contributed by atoms with E-state index in [4.69, 9.17) is 4.74 Å². The Labute approximate surface area is 185 Å². The summed E-state index contributed by atoms with van der Waals surface area (Å²) < 4.78 is 47.2. The van der Waals surface area contributed by atoms with Gasteiger partial charge in [-0.05, 0) is 36.4 Å². The minimum atomic E-state index is -3.72. The number of ether oxygens (including phenoxy) is 1. The van der Waals surface area contributed by atoms with E-state index in [0.29, 0.717) is 5.69 Å². The maximum atomic E-state index is 13.4. The van der Waals surface area contributed by atoms with Crippen LogP contribution in [0.5, 0.6) is 0 Å². The van der Waals surface area contributed by atoms with Gasteiger partial charge in [-0.3, -0.25) is 9.10 Å². The number of benzene rings is 3. The molecule has 6 nitrogen and oxygen atoms in total. The molecule has 0 aliphatic rings. The number of esters is 1. The predicted octanol–water partition coefficient (Wildman–Crippen LogP) is 4.33. The fourth-order valence-electron chi connectivity index (χ4n) is 4.00. The number of aromatic nitrogens is 1. The first-order valence-corrected chi connectivity index (χ1v) is 12.0. The lowest BCUT2D eigenvalue weighted by atomic mass is 10.2. The normalized spacial score (nSPS) is 12.7. The van der Waals surface area contributed by atoms with Crippen LogP contribution < -0.4 is 4.31 Å². The van der Waals surface area contributed by atoms with E-state index in [-0.39, 0.29) is 13.1 Å². The van der Waals surface area contributed by atoms with Gasteiger partial charge in [0.05, 0.1) is 25.0 Å². The van der Waals surface area contributed by atoms with Crippen LogP contribution in [0.15, 0.2) is 72.8 Å². The van der Waals surface area contributed by atoms with Crippen LogP contribution in [0.25, 0.3) is 21.8 Å². The predicted molar refractivity (Wildman–Crippen MR) is 124 cm³/mol. The SMILES string of the molecule is CC(=O)O[C@H](CN(c1ccc(F)cc1)S(C)(=O)=O)Cn1c2ccccc2c2ccccc21. The monoisotopic (exact) mass is 454 g/mol. The Bertz CT molecular complexity index is 1330. The first-order valence-electron chi connectivity index (χ1n) is 10.1. The quantitative estimate of drug-likeness (QED) is 0.390. The van der Waals surface area contributed by atoms with E-state index in [9.17, 15) is 17.6 Å². The average molecular weight is 455 g/mol. The van der Waals surface area contributed by atoms with E-state index in [2.05, 4.69) is 0 Å². The molecule has 0 saturated heterocycles. The molecule has 32 heavy (non-hydrogen) atoms. The highest BCUT2D eigenvalue weighted by Crippen LogP contribution is 2.29. The van der Waals surface area contributed by atoms with Gasteiger partial charge in [-0.25, -0.2) is 12.8 Å². The van der Waals surface area contributed by atoms with E-state index in [0.717, 1.165) is 32.4 Å². The second-order valence-corrected chi connectivity index (χ2v) is 9.55. The van der Waals surface area contributed by atoms with Gasteiger partial charge in [-0.15, -0.1) is 0 Å². The van der Waals surface area contributed by atoms with Crippen LogP contribution >= 0.6 is 0 Å². The van der Waals surface area contributed by atoms with Crippen molar-refractivity contribution >= 4 is 43.5 Å². The maximum absolute atomic E-state index is 13.4. The molecule has 0 unspecified atom stereocenters. The van der Waals surface area contributed by atoms with Crippen molar-refractivity contribution in [1.29, 1.82) is 0 Å². The number of nitrogens with zero attached hydrogens (tertiary/aromatic N) is 2. The fraction of sp³-hybridized carbons (Fsp3) is 0.208. The van der Waals surface area contributed by atoms with Crippen LogP contribution in [0.2, 0.25) is 0 Å². The number of carbonyl (C=O) groups excluding carboxylic acids is 1. The Morgan fingerprint density at radius 3 is 2.00 bits per heavy atom. The Morgan fingerprint density at radius 1 is 0.969 bits per heavy atom. The summed E-state index contributed by atoms with van der Waals surface area (Å²) in [4.78, 5) is 11.9. The Balaban J connectivity index is 1.76. The minimum absolute atomic E-state index is 0.106. The van der Waals surface area contributed by atoms with Crippen molar-refractivity contribution in [1.82, 2.24) is 4.57 Å². The zero-order valence-corrected chi connectivity index (χ0v) is 18.5. The molecule has 1 atom stereocenters. The molecule has 0 bridgehead atoms. The highest BCUT2D eigenvalue weighted by atomic mass is 32.2. The zero-order chi connectivity index (χ0) is 22.9. The van der Waals surface area contributed by atoms with Crippen molar-refractivity contribution in [3.63, 3.8) is 0 Å². The molecule has 166 valence electrons. The van der Waals surface area contributed by atoms with Crippen LogP contribution in [-0.4, -0.2) is 37.9 Å². The summed E-state index contributed by atoms with van der Waals surface area (Å²) in [5.74, 6) is -0.979. The second kappa shape index (κ2) is 8.63. The third kappa shape index (κ3) is 4.45. The zero-order valence-electron chi connectivity index (χ0n) is 17.7. The Morgan fingerprint density at radius 2 is 1.50 bits per heavy atom. The number of hydrogen-bond donors (Lipinski definition) is 0. The van der Waals surface area contributed by atoms with Crippen molar-refractivity contribution in [2.45, 2.75) is 19.6 Å². The molecule has 0 N–H and O–H groups in total. The molecule has 1 heterocycles. The summed E-state index contributed by atoms with van der Waals surface area (Å²) in [5.41, 5.74) is 2.21. The first kappa shape index (κ1) is 21.8. The Hall–Kier alpha value is -3.39.